The van der Waals surface area contributed by atoms with Gasteiger partial charge in [-0.25, -0.2) is 0 Å². The number of carbonyl (C=O) groups excluding carboxylic acids is 1. The van der Waals surface area contributed by atoms with Gasteiger partial charge in [0.15, 0.2) is 0 Å². The number of nitrogens with zero attached hydrogens (tertiary/aromatic N) is 1. The molecule has 136 valence electrons. The summed E-state index contributed by atoms with van der Waals surface area (Å²) in [6.45, 7) is 3.72. The Kier molecular flexibility index (Phi) is 8.69. The maximum atomic E-state index is 12.3. The summed E-state index contributed by atoms with van der Waals surface area (Å²) in [5, 5.41) is 6.26. The van der Waals surface area contributed by atoms with Crippen LogP contribution in [-0.2, 0) is 4.79 Å². The topological polar surface area (TPSA) is 63.2 Å². The molecule has 1 saturated heterocycles. The molecule has 2 heterocycles. The minimum atomic E-state index is 0. The normalized spacial score (nSPS) is 16.1. The van der Waals surface area contributed by atoms with Crippen molar-refractivity contribution in [2.24, 2.45) is 5.92 Å². The van der Waals surface area contributed by atoms with Gasteiger partial charge < -0.3 is 15.4 Å². The smallest absolute Gasteiger partial charge is 0.228 e. The van der Waals surface area contributed by atoms with Crippen LogP contribution in [-0.4, -0.2) is 24.0 Å². The van der Waals surface area contributed by atoms with Crippen LogP contribution in [0.25, 0.3) is 0 Å². The van der Waals surface area contributed by atoms with Crippen LogP contribution >= 0.6 is 24.8 Å². The Morgan fingerprint density at radius 2 is 2.16 bits per heavy atom. The van der Waals surface area contributed by atoms with Gasteiger partial charge in [-0.05, 0) is 62.2 Å². The van der Waals surface area contributed by atoms with E-state index in [0.717, 1.165) is 42.9 Å². The van der Waals surface area contributed by atoms with E-state index in [9.17, 15) is 4.79 Å². The van der Waals surface area contributed by atoms with E-state index in [1.165, 1.54) is 0 Å². The van der Waals surface area contributed by atoms with Crippen LogP contribution in [0.5, 0.6) is 11.5 Å². The highest BCUT2D eigenvalue weighted by Crippen LogP contribution is 2.27. The van der Waals surface area contributed by atoms with E-state index in [4.69, 9.17) is 4.74 Å². The lowest BCUT2D eigenvalue weighted by atomic mass is 9.99. The summed E-state index contributed by atoms with van der Waals surface area (Å²) in [4.78, 5) is 16.3. The first-order chi connectivity index (χ1) is 11.2. The number of benzene rings is 1. The molecule has 1 atom stereocenters. The van der Waals surface area contributed by atoms with Crippen LogP contribution in [0.3, 0.4) is 0 Å². The lowest BCUT2D eigenvalue weighted by Gasteiger charge is -2.22. The zero-order valence-electron chi connectivity index (χ0n) is 14.0. The highest BCUT2D eigenvalue weighted by molar-refractivity contribution is 5.93. The molecule has 0 aliphatic carbocycles. The number of anilines is 1. The van der Waals surface area contributed by atoms with E-state index in [1.54, 1.807) is 12.4 Å². The van der Waals surface area contributed by atoms with Crippen molar-refractivity contribution in [3.05, 3.63) is 48.3 Å². The van der Waals surface area contributed by atoms with Gasteiger partial charge in [0.2, 0.25) is 5.91 Å². The Labute approximate surface area is 160 Å². The Morgan fingerprint density at radius 1 is 1.32 bits per heavy atom. The SMILES string of the molecule is Cc1cc(NC(=O)C2CCCNC2)ccc1Oc1cccnc1.Cl.Cl. The van der Waals surface area contributed by atoms with Crippen LogP contribution < -0.4 is 15.4 Å². The molecule has 0 saturated carbocycles. The number of pyridine rings is 1. The lowest BCUT2D eigenvalue weighted by molar-refractivity contribution is -0.120. The Hall–Kier alpha value is -1.82. The number of hydrogen-bond acceptors (Lipinski definition) is 4. The van der Waals surface area contributed by atoms with Crippen LogP contribution in [0.15, 0.2) is 42.7 Å². The molecule has 7 heteroatoms. The second kappa shape index (κ2) is 10.2. The highest BCUT2D eigenvalue weighted by atomic mass is 35.5. The summed E-state index contributed by atoms with van der Waals surface area (Å²) in [6.07, 6.45) is 5.37. The molecule has 1 unspecified atom stereocenters. The van der Waals surface area contributed by atoms with Crippen molar-refractivity contribution in [3.8, 4) is 11.5 Å². The average Bonchev–Trinajstić information content (AvgIpc) is 2.59. The van der Waals surface area contributed by atoms with Gasteiger partial charge in [-0.1, -0.05) is 0 Å². The van der Waals surface area contributed by atoms with E-state index >= 15 is 0 Å². The van der Waals surface area contributed by atoms with Crippen LogP contribution in [0.2, 0.25) is 0 Å². The number of halogens is 2. The van der Waals surface area contributed by atoms with Crippen molar-refractivity contribution in [1.29, 1.82) is 0 Å². The van der Waals surface area contributed by atoms with Crippen molar-refractivity contribution < 1.29 is 9.53 Å². The molecule has 0 bridgehead atoms. The molecule has 1 aliphatic heterocycles. The van der Waals surface area contributed by atoms with Crippen LogP contribution in [0, 0.1) is 12.8 Å². The van der Waals surface area contributed by atoms with Gasteiger partial charge in [0.05, 0.1) is 12.1 Å². The second-order valence-corrected chi connectivity index (χ2v) is 5.80. The fraction of sp³-hybridized carbons (Fsp3) is 0.333. The standard InChI is InChI=1S/C18H21N3O2.2ClH/c1-13-10-15(21-18(22)14-4-2-8-19-11-14)6-7-17(13)23-16-5-3-9-20-12-16;;/h3,5-7,9-10,12,14,19H,2,4,8,11H2,1H3,(H,21,22);2*1H. The summed E-state index contributed by atoms with van der Waals surface area (Å²) in [6, 6.07) is 9.36. The molecule has 1 amide bonds. The second-order valence-electron chi connectivity index (χ2n) is 5.80. The number of ether oxygens (including phenoxy) is 1. The van der Waals surface area contributed by atoms with Crippen molar-refractivity contribution in [3.63, 3.8) is 0 Å². The number of rotatable bonds is 4. The van der Waals surface area contributed by atoms with E-state index in [0.29, 0.717) is 5.75 Å². The molecule has 2 N–H and O–H groups in total. The molecule has 1 aromatic carbocycles. The number of aromatic nitrogens is 1. The molecule has 0 spiro atoms. The molecule has 3 rings (SSSR count). The monoisotopic (exact) mass is 383 g/mol. The molecular weight excluding hydrogens is 361 g/mol. The zero-order valence-corrected chi connectivity index (χ0v) is 15.7. The number of hydrogen-bond donors (Lipinski definition) is 2. The van der Waals surface area contributed by atoms with E-state index < -0.39 is 0 Å². The zero-order chi connectivity index (χ0) is 16.1. The Bertz CT molecular complexity index is 677. The first-order valence-electron chi connectivity index (χ1n) is 7.92. The maximum absolute atomic E-state index is 12.3. The average molecular weight is 384 g/mol. The fourth-order valence-corrected chi connectivity index (χ4v) is 2.70. The highest BCUT2D eigenvalue weighted by Gasteiger charge is 2.20. The van der Waals surface area contributed by atoms with Gasteiger partial charge in [0.1, 0.15) is 11.5 Å². The Balaban J connectivity index is 0.00000156. The van der Waals surface area contributed by atoms with Crippen molar-refractivity contribution in [1.82, 2.24) is 10.3 Å². The predicted octanol–water partition coefficient (Wildman–Crippen LogP) is 3.96. The summed E-state index contributed by atoms with van der Waals surface area (Å²) in [7, 11) is 0. The summed E-state index contributed by atoms with van der Waals surface area (Å²) < 4.78 is 5.80. The molecule has 1 aliphatic rings. The number of aryl methyl sites for hydroxylation is 1. The van der Waals surface area contributed by atoms with E-state index in [-0.39, 0.29) is 36.6 Å². The summed E-state index contributed by atoms with van der Waals surface area (Å²) in [5.41, 5.74) is 1.77. The number of carbonyl (C=O) groups is 1. The van der Waals surface area contributed by atoms with Crippen molar-refractivity contribution in [2.45, 2.75) is 19.8 Å². The molecule has 25 heavy (non-hydrogen) atoms. The van der Waals surface area contributed by atoms with Gasteiger partial charge in [-0.2, -0.15) is 0 Å². The molecule has 0 radical (unpaired) electrons. The minimum absolute atomic E-state index is 0. The molecular formula is C18H23Cl2N3O2. The van der Waals surface area contributed by atoms with E-state index in [1.807, 2.05) is 37.3 Å². The molecule has 1 fully saturated rings. The number of nitrogens with one attached hydrogen (secondary N) is 2. The first-order valence-corrected chi connectivity index (χ1v) is 7.92. The first kappa shape index (κ1) is 21.2. The van der Waals surface area contributed by atoms with Crippen molar-refractivity contribution in [2.75, 3.05) is 18.4 Å². The third-order valence-electron chi connectivity index (χ3n) is 3.97. The Morgan fingerprint density at radius 3 is 2.80 bits per heavy atom. The third kappa shape index (κ3) is 5.88. The lowest BCUT2D eigenvalue weighted by Crippen LogP contribution is -2.37. The predicted molar refractivity (Wildman–Crippen MR) is 104 cm³/mol. The van der Waals surface area contributed by atoms with Crippen LogP contribution in [0.1, 0.15) is 18.4 Å². The molecule has 1 aromatic heterocycles. The fourth-order valence-electron chi connectivity index (χ4n) is 2.70. The number of piperidine rings is 1. The summed E-state index contributed by atoms with van der Waals surface area (Å²) >= 11 is 0. The van der Waals surface area contributed by atoms with Gasteiger partial charge in [0, 0.05) is 18.4 Å². The summed E-state index contributed by atoms with van der Waals surface area (Å²) in [5.74, 6) is 1.59. The van der Waals surface area contributed by atoms with Crippen LogP contribution in [0.4, 0.5) is 5.69 Å². The quantitative estimate of drug-likeness (QED) is 0.838. The van der Waals surface area contributed by atoms with Gasteiger partial charge in [-0.3, -0.25) is 9.78 Å². The molecule has 5 nitrogen and oxygen atoms in total. The molecule has 2 aromatic rings. The van der Waals surface area contributed by atoms with Crippen molar-refractivity contribution >= 4 is 36.4 Å². The van der Waals surface area contributed by atoms with Gasteiger partial charge in [-0.15, -0.1) is 24.8 Å². The number of amides is 1. The van der Waals surface area contributed by atoms with Gasteiger partial charge in [0.25, 0.3) is 0 Å². The largest absolute Gasteiger partial charge is 0.455 e. The maximum Gasteiger partial charge on any atom is 0.228 e. The minimum Gasteiger partial charge on any atom is -0.455 e. The third-order valence-corrected chi connectivity index (χ3v) is 3.97. The van der Waals surface area contributed by atoms with E-state index in [2.05, 4.69) is 15.6 Å². The van der Waals surface area contributed by atoms with Gasteiger partial charge >= 0.3 is 0 Å².